The predicted octanol–water partition coefficient (Wildman–Crippen LogP) is 0.983. The quantitative estimate of drug-likeness (QED) is 0.802. The van der Waals surface area contributed by atoms with E-state index in [0.717, 1.165) is 11.3 Å². The van der Waals surface area contributed by atoms with Crippen molar-refractivity contribution in [2.75, 3.05) is 7.11 Å². The fourth-order valence-corrected chi connectivity index (χ4v) is 2.98. The van der Waals surface area contributed by atoms with Gasteiger partial charge >= 0.3 is 5.97 Å². The number of nitrogens with zero attached hydrogens (tertiary/aromatic N) is 1. The minimum absolute atomic E-state index is 0.00332. The molecule has 2 N–H and O–H groups in total. The summed E-state index contributed by atoms with van der Waals surface area (Å²) >= 11 is 0. The molecular weight excluding hydrogens is 294 g/mol. The number of aromatic nitrogens is 2. The Morgan fingerprint density at radius 2 is 2.10 bits per heavy atom. The number of nitrogens with one attached hydrogen (secondary N) is 2. The summed E-state index contributed by atoms with van der Waals surface area (Å²) in [5.74, 6) is -0.699. The normalized spacial score (nSPS) is 11.3. The van der Waals surface area contributed by atoms with Gasteiger partial charge in [0.25, 0.3) is 0 Å². The van der Waals surface area contributed by atoms with Crippen LogP contribution < -0.4 is 4.72 Å². The molecule has 0 saturated carbocycles. The molecule has 112 valence electrons. The number of rotatable bonds is 5. The van der Waals surface area contributed by atoms with Gasteiger partial charge in [-0.15, -0.1) is 0 Å². The van der Waals surface area contributed by atoms with Crippen LogP contribution in [-0.2, 0) is 21.3 Å². The Morgan fingerprint density at radius 3 is 2.71 bits per heavy atom. The Morgan fingerprint density at radius 1 is 1.38 bits per heavy atom. The first-order chi connectivity index (χ1) is 9.95. The first-order valence-electron chi connectivity index (χ1n) is 6.11. The smallest absolute Gasteiger partial charge is 0.339 e. The van der Waals surface area contributed by atoms with Crippen LogP contribution in [0, 0.1) is 6.92 Å². The zero-order valence-corrected chi connectivity index (χ0v) is 12.4. The van der Waals surface area contributed by atoms with Gasteiger partial charge in [-0.1, -0.05) is 12.1 Å². The van der Waals surface area contributed by atoms with E-state index in [1.807, 2.05) is 0 Å². The molecule has 1 aromatic heterocycles. The number of hydrogen-bond acceptors (Lipinski definition) is 5. The maximum Gasteiger partial charge on any atom is 0.339 e. The molecule has 1 aromatic carbocycles. The van der Waals surface area contributed by atoms with Gasteiger partial charge in [-0.2, -0.15) is 5.10 Å². The van der Waals surface area contributed by atoms with Crippen LogP contribution in [0.4, 0.5) is 0 Å². The van der Waals surface area contributed by atoms with Crippen LogP contribution in [0.2, 0.25) is 0 Å². The maximum atomic E-state index is 12.3. The number of esters is 1. The minimum Gasteiger partial charge on any atom is -0.465 e. The van der Waals surface area contributed by atoms with Crippen LogP contribution in [-0.4, -0.2) is 31.7 Å². The number of sulfonamides is 1. The summed E-state index contributed by atoms with van der Waals surface area (Å²) in [4.78, 5) is 11.5. The van der Waals surface area contributed by atoms with E-state index in [1.54, 1.807) is 25.3 Å². The molecule has 0 fully saturated rings. The summed E-state index contributed by atoms with van der Waals surface area (Å²) in [5.41, 5.74) is 1.50. The van der Waals surface area contributed by atoms with Gasteiger partial charge in [0, 0.05) is 17.8 Å². The highest BCUT2D eigenvalue weighted by molar-refractivity contribution is 7.89. The van der Waals surface area contributed by atoms with E-state index in [0.29, 0.717) is 0 Å². The third-order valence-electron chi connectivity index (χ3n) is 2.97. The molecule has 2 rings (SSSR count). The van der Waals surface area contributed by atoms with Crippen LogP contribution >= 0.6 is 0 Å². The van der Waals surface area contributed by atoms with Crippen molar-refractivity contribution in [1.82, 2.24) is 14.9 Å². The SMILES string of the molecule is COC(=O)c1ccccc1S(=O)(=O)NCc1cn[nH]c1C. The molecule has 0 saturated heterocycles. The van der Waals surface area contributed by atoms with E-state index in [4.69, 9.17) is 0 Å². The number of aryl methyl sites for hydroxylation is 1. The number of methoxy groups -OCH3 is 1. The number of hydrogen-bond donors (Lipinski definition) is 2. The van der Waals surface area contributed by atoms with Crippen molar-refractivity contribution in [3.8, 4) is 0 Å². The lowest BCUT2D eigenvalue weighted by molar-refractivity contribution is 0.0596. The van der Waals surface area contributed by atoms with Crippen molar-refractivity contribution in [3.63, 3.8) is 0 Å². The maximum absolute atomic E-state index is 12.3. The van der Waals surface area contributed by atoms with Crippen LogP contribution in [0.25, 0.3) is 0 Å². The van der Waals surface area contributed by atoms with Crippen molar-refractivity contribution < 1.29 is 17.9 Å². The summed E-state index contributed by atoms with van der Waals surface area (Å²) in [6, 6.07) is 5.88. The highest BCUT2D eigenvalue weighted by atomic mass is 32.2. The van der Waals surface area contributed by atoms with Crippen molar-refractivity contribution in [2.24, 2.45) is 0 Å². The second-order valence-corrected chi connectivity index (χ2v) is 6.07. The average molecular weight is 309 g/mol. The van der Waals surface area contributed by atoms with E-state index >= 15 is 0 Å². The number of ether oxygens (including phenoxy) is 1. The van der Waals surface area contributed by atoms with E-state index < -0.39 is 16.0 Å². The van der Waals surface area contributed by atoms with E-state index in [1.165, 1.54) is 19.2 Å². The van der Waals surface area contributed by atoms with E-state index in [9.17, 15) is 13.2 Å². The lowest BCUT2D eigenvalue weighted by Crippen LogP contribution is -2.25. The molecule has 0 radical (unpaired) electrons. The molecule has 0 unspecified atom stereocenters. The minimum atomic E-state index is -3.83. The first kappa shape index (κ1) is 15.2. The third-order valence-corrected chi connectivity index (χ3v) is 4.43. The standard InChI is InChI=1S/C13H15N3O4S/c1-9-10(7-14-16-9)8-15-21(18,19)12-6-4-3-5-11(12)13(17)20-2/h3-7,15H,8H2,1-2H3,(H,14,16). The first-order valence-corrected chi connectivity index (χ1v) is 7.60. The van der Waals surface area contributed by atoms with Gasteiger partial charge in [-0.05, 0) is 19.1 Å². The van der Waals surface area contributed by atoms with Crippen molar-refractivity contribution in [2.45, 2.75) is 18.4 Å². The van der Waals surface area contributed by atoms with Gasteiger partial charge in [-0.25, -0.2) is 17.9 Å². The topological polar surface area (TPSA) is 101 Å². The monoisotopic (exact) mass is 309 g/mol. The van der Waals surface area contributed by atoms with Crippen LogP contribution in [0.5, 0.6) is 0 Å². The Hall–Kier alpha value is -2.19. The summed E-state index contributed by atoms with van der Waals surface area (Å²) < 4.78 is 31.7. The molecule has 1 heterocycles. The molecule has 21 heavy (non-hydrogen) atoms. The Bertz CT molecular complexity index is 752. The summed E-state index contributed by atoms with van der Waals surface area (Å²) in [6.45, 7) is 1.87. The molecule has 7 nitrogen and oxygen atoms in total. The highest BCUT2D eigenvalue weighted by Gasteiger charge is 2.22. The third kappa shape index (κ3) is 3.29. The number of benzene rings is 1. The second kappa shape index (κ2) is 6.06. The van der Waals surface area contributed by atoms with Gasteiger partial charge in [0.15, 0.2) is 0 Å². The van der Waals surface area contributed by atoms with Gasteiger partial charge in [0.2, 0.25) is 10.0 Å². The second-order valence-electron chi connectivity index (χ2n) is 4.33. The van der Waals surface area contributed by atoms with Gasteiger partial charge in [0.05, 0.1) is 23.8 Å². The predicted molar refractivity (Wildman–Crippen MR) is 75.1 cm³/mol. The molecule has 0 amide bonds. The molecule has 0 bridgehead atoms. The van der Waals surface area contributed by atoms with E-state index in [-0.39, 0.29) is 17.0 Å². The molecule has 0 spiro atoms. The van der Waals surface area contributed by atoms with Gasteiger partial charge < -0.3 is 4.74 Å². The highest BCUT2D eigenvalue weighted by Crippen LogP contribution is 2.17. The fraction of sp³-hybridized carbons (Fsp3) is 0.231. The Kier molecular flexibility index (Phi) is 4.39. The number of carbonyl (C=O) groups is 1. The Labute approximate surface area is 122 Å². The van der Waals surface area contributed by atoms with Crippen molar-refractivity contribution >= 4 is 16.0 Å². The average Bonchev–Trinajstić information content (AvgIpc) is 2.90. The van der Waals surface area contributed by atoms with Crippen LogP contribution in [0.15, 0.2) is 35.4 Å². The molecule has 8 heteroatoms. The molecule has 2 aromatic rings. The lowest BCUT2D eigenvalue weighted by atomic mass is 10.2. The van der Waals surface area contributed by atoms with Gasteiger partial charge in [0.1, 0.15) is 0 Å². The summed E-state index contributed by atoms with van der Waals surface area (Å²) in [7, 11) is -2.63. The number of H-pyrrole nitrogens is 1. The zero-order valence-electron chi connectivity index (χ0n) is 11.6. The van der Waals surface area contributed by atoms with Gasteiger partial charge in [-0.3, -0.25) is 5.10 Å². The van der Waals surface area contributed by atoms with Crippen molar-refractivity contribution in [1.29, 1.82) is 0 Å². The lowest BCUT2D eigenvalue weighted by Gasteiger charge is -2.10. The van der Waals surface area contributed by atoms with Crippen molar-refractivity contribution in [3.05, 3.63) is 47.3 Å². The molecule has 0 aliphatic heterocycles. The molecule has 0 atom stereocenters. The zero-order chi connectivity index (χ0) is 15.5. The summed E-state index contributed by atoms with van der Waals surface area (Å²) in [6.07, 6.45) is 1.55. The van der Waals surface area contributed by atoms with Crippen LogP contribution in [0.1, 0.15) is 21.6 Å². The molecule has 0 aliphatic carbocycles. The van der Waals surface area contributed by atoms with E-state index in [2.05, 4.69) is 19.7 Å². The molecular formula is C13H15N3O4S. The fourth-order valence-electron chi connectivity index (χ4n) is 1.78. The summed E-state index contributed by atoms with van der Waals surface area (Å²) in [5, 5.41) is 6.54. The number of aromatic amines is 1. The largest absolute Gasteiger partial charge is 0.465 e. The number of carbonyl (C=O) groups excluding carboxylic acids is 1. The molecule has 0 aliphatic rings. The van der Waals surface area contributed by atoms with Crippen LogP contribution in [0.3, 0.4) is 0 Å². The Balaban J connectivity index is 2.28.